The monoisotopic (exact) mass is 256 g/mol. The maximum atomic E-state index is 4.29. The maximum Gasteiger partial charge on any atom is 0.0813 e. The van der Waals surface area contributed by atoms with Gasteiger partial charge < -0.3 is 5.32 Å². The highest BCUT2D eigenvalue weighted by Gasteiger charge is 2.07. The quantitative estimate of drug-likeness (QED) is 0.781. The number of anilines is 1. The first-order valence-corrected chi connectivity index (χ1v) is 6.56. The van der Waals surface area contributed by atoms with E-state index in [1.807, 2.05) is 17.6 Å². The van der Waals surface area contributed by atoms with E-state index < -0.39 is 0 Å². The molecule has 90 valence electrons. The number of hydrogen-bond acceptors (Lipinski definition) is 5. The zero-order chi connectivity index (χ0) is 12.4. The summed E-state index contributed by atoms with van der Waals surface area (Å²) in [6.07, 6.45) is 5.17. The van der Waals surface area contributed by atoms with Crippen molar-refractivity contribution in [2.75, 3.05) is 5.32 Å². The number of thiazole rings is 1. The van der Waals surface area contributed by atoms with Gasteiger partial charge in [-0.3, -0.25) is 9.97 Å². The van der Waals surface area contributed by atoms with Gasteiger partial charge in [0, 0.05) is 18.1 Å². The van der Waals surface area contributed by atoms with Crippen LogP contribution in [0.1, 0.15) is 18.7 Å². The van der Waals surface area contributed by atoms with Gasteiger partial charge in [-0.1, -0.05) is 0 Å². The SMILES string of the molecule is CC(Nc1ccc2ncsc2c1)c1cnccn1. The number of fused-ring (bicyclic) bond motifs is 1. The molecule has 4 nitrogen and oxygen atoms in total. The summed E-state index contributed by atoms with van der Waals surface area (Å²) in [7, 11) is 0. The molecule has 0 spiro atoms. The predicted octanol–water partition coefficient (Wildman–Crippen LogP) is 3.26. The molecular weight excluding hydrogens is 244 g/mol. The fourth-order valence-electron chi connectivity index (χ4n) is 1.80. The lowest BCUT2D eigenvalue weighted by Crippen LogP contribution is -2.08. The first kappa shape index (κ1) is 11.1. The fraction of sp³-hybridized carbons (Fsp3) is 0.154. The Balaban J connectivity index is 1.83. The third-order valence-electron chi connectivity index (χ3n) is 2.74. The third kappa shape index (κ3) is 2.17. The molecule has 0 aliphatic carbocycles. The van der Waals surface area contributed by atoms with Crippen LogP contribution in [-0.2, 0) is 0 Å². The summed E-state index contributed by atoms with van der Waals surface area (Å²) in [6, 6.07) is 6.30. The van der Waals surface area contributed by atoms with E-state index in [-0.39, 0.29) is 6.04 Å². The summed E-state index contributed by atoms with van der Waals surface area (Å²) in [5, 5.41) is 3.42. The van der Waals surface area contributed by atoms with Crippen LogP contribution < -0.4 is 5.32 Å². The molecule has 3 aromatic rings. The zero-order valence-electron chi connectivity index (χ0n) is 9.87. The molecule has 0 bridgehead atoms. The van der Waals surface area contributed by atoms with Gasteiger partial charge in [-0.05, 0) is 25.1 Å². The number of benzene rings is 1. The Morgan fingerprint density at radius 1 is 1.22 bits per heavy atom. The highest BCUT2D eigenvalue weighted by atomic mass is 32.1. The van der Waals surface area contributed by atoms with Crippen LogP contribution in [0.4, 0.5) is 5.69 Å². The van der Waals surface area contributed by atoms with Gasteiger partial charge in [0.1, 0.15) is 0 Å². The molecule has 2 aromatic heterocycles. The van der Waals surface area contributed by atoms with Gasteiger partial charge in [0.05, 0.1) is 33.7 Å². The van der Waals surface area contributed by atoms with E-state index in [0.29, 0.717) is 0 Å². The second-order valence-electron chi connectivity index (χ2n) is 4.03. The molecule has 0 aliphatic rings. The Morgan fingerprint density at radius 3 is 3.00 bits per heavy atom. The second kappa shape index (κ2) is 4.70. The first-order valence-electron chi connectivity index (χ1n) is 5.68. The molecule has 0 amide bonds. The summed E-state index contributed by atoms with van der Waals surface area (Å²) in [5.74, 6) is 0. The van der Waals surface area contributed by atoms with E-state index in [1.54, 1.807) is 29.9 Å². The van der Waals surface area contributed by atoms with Crippen molar-refractivity contribution < 1.29 is 0 Å². The lowest BCUT2D eigenvalue weighted by Gasteiger charge is -2.14. The van der Waals surface area contributed by atoms with Gasteiger partial charge in [0.15, 0.2) is 0 Å². The summed E-state index contributed by atoms with van der Waals surface area (Å²) < 4.78 is 1.19. The van der Waals surface area contributed by atoms with E-state index in [9.17, 15) is 0 Å². The van der Waals surface area contributed by atoms with E-state index in [4.69, 9.17) is 0 Å². The predicted molar refractivity (Wildman–Crippen MR) is 73.7 cm³/mol. The van der Waals surface area contributed by atoms with Gasteiger partial charge in [0.2, 0.25) is 0 Å². The van der Waals surface area contributed by atoms with Crippen LogP contribution in [0.25, 0.3) is 10.2 Å². The Morgan fingerprint density at radius 2 is 2.17 bits per heavy atom. The van der Waals surface area contributed by atoms with Crippen molar-refractivity contribution in [3.8, 4) is 0 Å². The van der Waals surface area contributed by atoms with Crippen LogP contribution in [0, 0.1) is 0 Å². The number of aromatic nitrogens is 3. The average Bonchev–Trinajstić information content (AvgIpc) is 2.87. The number of rotatable bonds is 3. The Labute approximate surface area is 109 Å². The van der Waals surface area contributed by atoms with Gasteiger partial charge in [0.25, 0.3) is 0 Å². The fourth-order valence-corrected chi connectivity index (χ4v) is 2.52. The Kier molecular flexibility index (Phi) is 2.90. The minimum Gasteiger partial charge on any atom is -0.377 e. The van der Waals surface area contributed by atoms with Crippen LogP contribution in [-0.4, -0.2) is 15.0 Å². The topological polar surface area (TPSA) is 50.7 Å². The van der Waals surface area contributed by atoms with Crippen molar-refractivity contribution in [1.29, 1.82) is 0 Å². The molecule has 1 atom stereocenters. The summed E-state index contributed by atoms with van der Waals surface area (Å²) in [4.78, 5) is 12.6. The summed E-state index contributed by atoms with van der Waals surface area (Å²) in [5.41, 5.74) is 4.91. The summed E-state index contributed by atoms with van der Waals surface area (Å²) >= 11 is 1.65. The zero-order valence-corrected chi connectivity index (χ0v) is 10.7. The van der Waals surface area contributed by atoms with Gasteiger partial charge >= 0.3 is 0 Å². The highest BCUT2D eigenvalue weighted by molar-refractivity contribution is 7.16. The van der Waals surface area contributed by atoms with Crippen molar-refractivity contribution in [2.24, 2.45) is 0 Å². The van der Waals surface area contributed by atoms with Crippen molar-refractivity contribution >= 4 is 27.2 Å². The average molecular weight is 256 g/mol. The van der Waals surface area contributed by atoms with Gasteiger partial charge in [-0.25, -0.2) is 4.98 Å². The van der Waals surface area contributed by atoms with Crippen LogP contribution in [0.3, 0.4) is 0 Å². The molecule has 1 N–H and O–H groups in total. The number of hydrogen-bond donors (Lipinski definition) is 1. The van der Waals surface area contributed by atoms with Crippen molar-refractivity contribution in [3.63, 3.8) is 0 Å². The first-order chi connectivity index (χ1) is 8.83. The highest BCUT2D eigenvalue weighted by Crippen LogP contribution is 2.24. The molecule has 0 saturated carbocycles. The van der Waals surface area contributed by atoms with E-state index in [0.717, 1.165) is 16.9 Å². The molecule has 5 heteroatoms. The minimum absolute atomic E-state index is 0.129. The van der Waals surface area contributed by atoms with Crippen LogP contribution in [0.15, 0.2) is 42.3 Å². The van der Waals surface area contributed by atoms with E-state index >= 15 is 0 Å². The second-order valence-corrected chi connectivity index (χ2v) is 4.92. The molecule has 1 aromatic carbocycles. The largest absolute Gasteiger partial charge is 0.377 e. The van der Waals surface area contributed by atoms with Crippen molar-refractivity contribution in [2.45, 2.75) is 13.0 Å². The smallest absolute Gasteiger partial charge is 0.0813 e. The number of nitrogens with one attached hydrogen (secondary N) is 1. The molecule has 3 rings (SSSR count). The van der Waals surface area contributed by atoms with Crippen molar-refractivity contribution in [3.05, 3.63) is 48.0 Å². The van der Waals surface area contributed by atoms with Gasteiger partial charge in [-0.2, -0.15) is 0 Å². The van der Waals surface area contributed by atoms with Gasteiger partial charge in [-0.15, -0.1) is 11.3 Å². The molecule has 0 saturated heterocycles. The van der Waals surface area contributed by atoms with Crippen LogP contribution in [0.5, 0.6) is 0 Å². The molecule has 18 heavy (non-hydrogen) atoms. The third-order valence-corrected chi connectivity index (χ3v) is 3.53. The lowest BCUT2D eigenvalue weighted by molar-refractivity contribution is 0.828. The number of nitrogens with zero attached hydrogens (tertiary/aromatic N) is 3. The molecule has 2 heterocycles. The maximum absolute atomic E-state index is 4.29. The molecular formula is C13H12N4S. The van der Waals surface area contributed by atoms with Crippen LogP contribution in [0.2, 0.25) is 0 Å². The Bertz CT molecular complexity index is 650. The minimum atomic E-state index is 0.129. The molecule has 0 radical (unpaired) electrons. The molecule has 0 aliphatic heterocycles. The molecule has 0 fully saturated rings. The van der Waals surface area contributed by atoms with E-state index in [2.05, 4.69) is 33.3 Å². The van der Waals surface area contributed by atoms with E-state index in [1.165, 1.54) is 4.70 Å². The summed E-state index contributed by atoms with van der Waals surface area (Å²) in [6.45, 7) is 2.07. The standard InChI is InChI=1S/C13H12N4S/c1-9(12-7-14-4-5-15-12)17-10-2-3-11-13(6-10)18-8-16-11/h2-9,17H,1H3. The van der Waals surface area contributed by atoms with Crippen LogP contribution >= 0.6 is 11.3 Å². The Hall–Kier alpha value is -2.01. The molecule has 1 unspecified atom stereocenters. The normalized spacial score (nSPS) is 12.5. The lowest BCUT2D eigenvalue weighted by atomic mass is 10.2. The van der Waals surface area contributed by atoms with Crippen molar-refractivity contribution in [1.82, 2.24) is 15.0 Å².